The van der Waals surface area contributed by atoms with Gasteiger partial charge in [0.2, 0.25) is 0 Å². The molecule has 68 valence electrons. The molecular formula is C7H18N2O2. The second-order valence-corrected chi connectivity index (χ2v) is 2.46. The number of nitrogens with two attached hydrogens (primary N) is 1. The Kier molecular flexibility index (Phi) is 6.45. The molecule has 0 aromatic heterocycles. The molecule has 4 nitrogen and oxygen atoms in total. The Morgan fingerprint density at radius 2 is 1.73 bits per heavy atom. The first-order valence-electron chi connectivity index (χ1n) is 3.97. The van der Waals surface area contributed by atoms with E-state index >= 15 is 0 Å². The number of aliphatic hydroxyl groups excluding tert-OH is 2. The van der Waals surface area contributed by atoms with Crippen molar-refractivity contribution in [2.24, 2.45) is 5.73 Å². The van der Waals surface area contributed by atoms with Crippen molar-refractivity contribution in [1.29, 1.82) is 0 Å². The van der Waals surface area contributed by atoms with Gasteiger partial charge in [-0.1, -0.05) is 6.92 Å². The number of hydrogen-bond acceptors (Lipinski definition) is 4. The van der Waals surface area contributed by atoms with Gasteiger partial charge >= 0.3 is 0 Å². The predicted molar refractivity (Wildman–Crippen MR) is 44.0 cm³/mol. The van der Waals surface area contributed by atoms with Gasteiger partial charge in [0.25, 0.3) is 0 Å². The van der Waals surface area contributed by atoms with Crippen molar-refractivity contribution in [1.82, 2.24) is 4.90 Å². The van der Waals surface area contributed by atoms with E-state index in [2.05, 4.69) is 0 Å². The average molecular weight is 162 g/mol. The Balaban J connectivity index is 3.66. The molecule has 4 N–H and O–H groups in total. The van der Waals surface area contributed by atoms with Crippen LogP contribution in [0.4, 0.5) is 0 Å². The van der Waals surface area contributed by atoms with Crippen molar-refractivity contribution in [2.75, 3.05) is 26.3 Å². The Bertz CT molecular complexity index is 84.5. The van der Waals surface area contributed by atoms with Gasteiger partial charge in [0.1, 0.15) is 0 Å². The zero-order chi connectivity index (χ0) is 8.69. The maximum atomic E-state index is 8.63. The fourth-order valence-electron chi connectivity index (χ4n) is 0.959. The van der Waals surface area contributed by atoms with Crippen LogP contribution < -0.4 is 5.73 Å². The van der Waals surface area contributed by atoms with Gasteiger partial charge in [-0.05, 0) is 6.42 Å². The Morgan fingerprint density at radius 1 is 1.27 bits per heavy atom. The first-order chi connectivity index (χ1) is 5.26. The Labute approximate surface area is 67.6 Å². The van der Waals surface area contributed by atoms with Gasteiger partial charge in [0, 0.05) is 13.1 Å². The highest BCUT2D eigenvalue weighted by Crippen LogP contribution is 1.95. The minimum atomic E-state index is -0.0469. The molecule has 11 heavy (non-hydrogen) atoms. The van der Waals surface area contributed by atoms with Crippen LogP contribution in [0.2, 0.25) is 0 Å². The second kappa shape index (κ2) is 6.54. The Hall–Kier alpha value is -0.160. The lowest BCUT2D eigenvalue weighted by molar-refractivity contribution is 0.121. The van der Waals surface area contributed by atoms with Gasteiger partial charge in [-0.3, -0.25) is 4.90 Å². The third-order valence-corrected chi connectivity index (χ3v) is 1.66. The molecule has 0 bridgehead atoms. The zero-order valence-electron chi connectivity index (χ0n) is 7.03. The molecule has 0 aliphatic heterocycles. The highest BCUT2D eigenvalue weighted by molar-refractivity contribution is 4.62. The van der Waals surface area contributed by atoms with Crippen LogP contribution in [0.15, 0.2) is 0 Å². The molecule has 0 rings (SSSR count). The second-order valence-electron chi connectivity index (χ2n) is 2.46. The molecule has 0 aromatic rings. The van der Waals surface area contributed by atoms with Crippen molar-refractivity contribution in [2.45, 2.75) is 19.5 Å². The van der Waals surface area contributed by atoms with Crippen LogP contribution in [0.25, 0.3) is 0 Å². The first kappa shape index (κ1) is 10.8. The van der Waals surface area contributed by atoms with Crippen LogP contribution in [-0.4, -0.2) is 47.6 Å². The molecule has 0 aliphatic carbocycles. The van der Waals surface area contributed by atoms with Crippen LogP contribution in [0.5, 0.6) is 0 Å². The molecule has 0 spiro atoms. The molecule has 1 unspecified atom stereocenters. The molecule has 4 heteroatoms. The third-order valence-electron chi connectivity index (χ3n) is 1.66. The summed E-state index contributed by atoms with van der Waals surface area (Å²) in [6.07, 6.45) is 0.786. The average Bonchev–Trinajstić information content (AvgIpc) is 2.03. The first-order valence-corrected chi connectivity index (χ1v) is 3.97. The molecular weight excluding hydrogens is 144 g/mol. The lowest BCUT2D eigenvalue weighted by Gasteiger charge is -2.26. The normalized spacial score (nSPS) is 13.9. The van der Waals surface area contributed by atoms with Gasteiger partial charge in [-0.2, -0.15) is 0 Å². The molecule has 0 saturated heterocycles. The minimum absolute atomic E-state index is 0.0469. The molecule has 0 radical (unpaired) electrons. The van der Waals surface area contributed by atoms with Crippen LogP contribution in [-0.2, 0) is 0 Å². The predicted octanol–water partition coefficient (Wildman–Crippen LogP) is -1.03. The van der Waals surface area contributed by atoms with Gasteiger partial charge in [-0.25, -0.2) is 0 Å². The molecule has 0 aliphatic rings. The summed E-state index contributed by atoms with van der Waals surface area (Å²) in [5.74, 6) is 0. The molecule has 0 saturated carbocycles. The third kappa shape index (κ3) is 4.31. The Morgan fingerprint density at radius 3 is 2.00 bits per heavy atom. The summed E-state index contributed by atoms with van der Waals surface area (Å²) in [6, 6.07) is 0. The summed E-state index contributed by atoms with van der Waals surface area (Å²) in [5.41, 5.74) is 5.69. The van der Waals surface area contributed by atoms with Gasteiger partial charge < -0.3 is 15.9 Å². The van der Waals surface area contributed by atoms with Crippen LogP contribution >= 0.6 is 0 Å². The standard InChI is InChI=1S/C7H18N2O2/c1-2-7(8)9(3-5-10)4-6-11/h7,10-11H,2-6,8H2,1H3. The topological polar surface area (TPSA) is 69.7 Å². The van der Waals surface area contributed by atoms with E-state index in [1.807, 2.05) is 11.8 Å². The van der Waals surface area contributed by atoms with Crippen LogP contribution in [0.1, 0.15) is 13.3 Å². The SMILES string of the molecule is CCC(N)N(CCO)CCO. The van der Waals surface area contributed by atoms with Crippen LogP contribution in [0.3, 0.4) is 0 Å². The molecule has 1 atom stereocenters. The quantitative estimate of drug-likeness (QED) is 0.437. The van der Waals surface area contributed by atoms with E-state index in [4.69, 9.17) is 15.9 Å². The van der Waals surface area contributed by atoms with E-state index in [-0.39, 0.29) is 19.4 Å². The van der Waals surface area contributed by atoms with E-state index < -0.39 is 0 Å². The molecule has 0 amide bonds. The van der Waals surface area contributed by atoms with Gasteiger partial charge in [0.05, 0.1) is 19.4 Å². The van der Waals surface area contributed by atoms with E-state index in [0.29, 0.717) is 13.1 Å². The number of nitrogens with zero attached hydrogens (tertiary/aromatic N) is 1. The summed E-state index contributed by atoms with van der Waals surface area (Å²) in [6.45, 7) is 3.24. The molecule has 0 aromatic carbocycles. The molecule has 0 heterocycles. The van der Waals surface area contributed by atoms with Crippen molar-refractivity contribution in [3.8, 4) is 0 Å². The summed E-state index contributed by atoms with van der Waals surface area (Å²) < 4.78 is 0. The summed E-state index contributed by atoms with van der Waals surface area (Å²) in [5, 5.41) is 17.3. The van der Waals surface area contributed by atoms with E-state index in [1.165, 1.54) is 0 Å². The number of aliphatic hydroxyl groups is 2. The monoisotopic (exact) mass is 162 g/mol. The highest BCUT2D eigenvalue weighted by Gasteiger charge is 2.09. The van der Waals surface area contributed by atoms with E-state index in [0.717, 1.165) is 6.42 Å². The van der Waals surface area contributed by atoms with Crippen molar-refractivity contribution < 1.29 is 10.2 Å². The fraction of sp³-hybridized carbons (Fsp3) is 1.00. The van der Waals surface area contributed by atoms with Gasteiger partial charge in [0.15, 0.2) is 0 Å². The lowest BCUT2D eigenvalue weighted by atomic mass is 10.3. The number of hydrogen-bond donors (Lipinski definition) is 3. The smallest absolute Gasteiger partial charge is 0.0570 e. The van der Waals surface area contributed by atoms with Gasteiger partial charge in [-0.15, -0.1) is 0 Å². The van der Waals surface area contributed by atoms with Crippen molar-refractivity contribution >= 4 is 0 Å². The zero-order valence-corrected chi connectivity index (χ0v) is 7.03. The lowest BCUT2D eigenvalue weighted by Crippen LogP contribution is -2.44. The maximum absolute atomic E-state index is 8.63. The summed E-state index contributed by atoms with van der Waals surface area (Å²) >= 11 is 0. The van der Waals surface area contributed by atoms with Crippen LogP contribution in [0, 0.1) is 0 Å². The molecule has 0 fully saturated rings. The summed E-state index contributed by atoms with van der Waals surface area (Å²) in [7, 11) is 0. The maximum Gasteiger partial charge on any atom is 0.0570 e. The summed E-state index contributed by atoms with van der Waals surface area (Å²) in [4.78, 5) is 1.86. The fourth-order valence-corrected chi connectivity index (χ4v) is 0.959. The van der Waals surface area contributed by atoms with E-state index in [1.54, 1.807) is 0 Å². The highest BCUT2D eigenvalue weighted by atomic mass is 16.3. The minimum Gasteiger partial charge on any atom is -0.395 e. The number of rotatable bonds is 6. The largest absolute Gasteiger partial charge is 0.395 e. The van der Waals surface area contributed by atoms with Crippen molar-refractivity contribution in [3.63, 3.8) is 0 Å². The van der Waals surface area contributed by atoms with E-state index in [9.17, 15) is 0 Å². The van der Waals surface area contributed by atoms with Crippen molar-refractivity contribution in [3.05, 3.63) is 0 Å².